The first-order chi connectivity index (χ1) is 16.0. The molecule has 1 atom stereocenters. The molecule has 4 heterocycles. The van der Waals surface area contributed by atoms with Crippen LogP contribution in [0.25, 0.3) is 11.2 Å². The molecule has 0 spiro atoms. The van der Waals surface area contributed by atoms with Crippen molar-refractivity contribution < 1.29 is 14.3 Å². The summed E-state index contributed by atoms with van der Waals surface area (Å²) in [6, 6.07) is 3.86. The fourth-order valence-electron chi connectivity index (χ4n) is 4.35. The van der Waals surface area contributed by atoms with Crippen molar-refractivity contribution in [2.75, 3.05) is 25.6 Å². The Morgan fingerprint density at radius 1 is 1.30 bits per heavy atom. The lowest BCUT2D eigenvalue weighted by molar-refractivity contribution is -0.132. The summed E-state index contributed by atoms with van der Waals surface area (Å²) in [6.45, 7) is 4.55. The summed E-state index contributed by atoms with van der Waals surface area (Å²) in [4.78, 5) is 28.5. The van der Waals surface area contributed by atoms with Gasteiger partial charge in [0.05, 0.1) is 0 Å². The summed E-state index contributed by atoms with van der Waals surface area (Å²) in [5.74, 6) is 2.48. The van der Waals surface area contributed by atoms with Gasteiger partial charge in [0, 0.05) is 35.4 Å². The first kappa shape index (κ1) is 22.3. The molecule has 1 fully saturated rings. The van der Waals surface area contributed by atoms with Gasteiger partial charge in [0.2, 0.25) is 12.7 Å². The lowest BCUT2D eigenvalue weighted by Gasteiger charge is -2.32. The lowest BCUT2D eigenvalue weighted by Crippen LogP contribution is -2.39. The third-order valence-electron chi connectivity index (χ3n) is 6.09. The number of benzene rings is 1. The molecular formula is C22H25BrN6O3S. The Hall–Kier alpha value is -2.53. The van der Waals surface area contributed by atoms with Crippen molar-refractivity contribution in [2.45, 2.75) is 49.2 Å². The van der Waals surface area contributed by atoms with E-state index in [1.165, 1.54) is 18.1 Å². The molecule has 2 aliphatic heterocycles. The molecule has 0 radical (unpaired) electrons. The minimum atomic E-state index is 0.222. The number of nitrogens with zero attached hydrogens (tertiary/aromatic N) is 5. The second kappa shape index (κ2) is 9.38. The maximum absolute atomic E-state index is 12.2. The fraction of sp³-hybridized carbons (Fsp3) is 0.455. The van der Waals surface area contributed by atoms with Gasteiger partial charge >= 0.3 is 0 Å². The van der Waals surface area contributed by atoms with Crippen LogP contribution in [0.1, 0.15) is 32.6 Å². The van der Waals surface area contributed by atoms with Crippen LogP contribution in [-0.4, -0.2) is 50.2 Å². The van der Waals surface area contributed by atoms with Crippen molar-refractivity contribution >= 4 is 50.6 Å². The summed E-state index contributed by atoms with van der Waals surface area (Å²) in [5.41, 5.74) is 7.44. The number of rotatable bonds is 6. The SMILES string of the molecule is CCC(=O)N1CCCC(CCn2c(Sc3cc4c(cc3Br)OCO4)nc3c(N)ncnc32)C1. The van der Waals surface area contributed by atoms with E-state index in [9.17, 15) is 4.79 Å². The van der Waals surface area contributed by atoms with Crippen LogP contribution in [0.4, 0.5) is 5.82 Å². The van der Waals surface area contributed by atoms with E-state index in [0.29, 0.717) is 29.4 Å². The zero-order valence-corrected chi connectivity index (χ0v) is 20.7. The minimum absolute atomic E-state index is 0.222. The first-order valence-electron chi connectivity index (χ1n) is 11.0. The minimum Gasteiger partial charge on any atom is -0.454 e. The van der Waals surface area contributed by atoms with Crippen molar-refractivity contribution in [1.82, 2.24) is 24.4 Å². The number of ether oxygens (including phenoxy) is 2. The van der Waals surface area contributed by atoms with Crippen LogP contribution < -0.4 is 15.2 Å². The number of carbonyl (C=O) groups is 1. The van der Waals surface area contributed by atoms with E-state index in [2.05, 4.69) is 30.5 Å². The van der Waals surface area contributed by atoms with Crippen molar-refractivity contribution in [2.24, 2.45) is 5.92 Å². The molecular weight excluding hydrogens is 508 g/mol. The number of aryl methyl sites for hydroxylation is 1. The van der Waals surface area contributed by atoms with Gasteiger partial charge < -0.3 is 24.7 Å². The number of piperidine rings is 1. The van der Waals surface area contributed by atoms with Crippen molar-refractivity contribution in [3.8, 4) is 11.5 Å². The van der Waals surface area contributed by atoms with Gasteiger partial charge in [-0.3, -0.25) is 4.79 Å². The number of hydrogen-bond acceptors (Lipinski definition) is 8. The van der Waals surface area contributed by atoms with E-state index in [-0.39, 0.29) is 12.7 Å². The Balaban J connectivity index is 1.42. The maximum atomic E-state index is 12.2. The molecule has 1 aromatic carbocycles. The topological polar surface area (TPSA) is 108 Å². The van der Waals surface area contributed by atoms with Gasteiger partial charge in [-0.1, -0.05) is 18.7 Å². The summed E-state index contributed by atoms with van der Waals surface area (Å²) in [5, 5.41) is 0.786. The van der Waals surface area contributed by atoms with E-state index in [4.69, 9.17) is 20.2 Å². The summed E-state index contributed by atoms with van der Waals surface area (Å²) >= 11 is 5.15. The summed E-state index contributed by atoms with van der Waals surface area (Å²) < 4.78 is 14.0. The van der Waals surface area contributed by atoms with Crippen LogP contribution in [0.3, 0.4) is 0 Å². The van der Waals surface area contributed by atoms with E-state index < -0.39 is 0 Å². The van der Waals surface area contributed by atoms with Gasteiger partial charge in [0.15, 0.2) is 33.6 Å². The molecule has 11 heteroatoms. The molecule has 2 aromatic heterocycles. The largest absolute Gasteiger partial charge is 0.454 e. The van der Waals surface area contributed by atoms with Gasteiger partial charge in [-0.2, -0.15) is 0 Å². The van der Waals surface area contributed by atoms with Crippen LogP contribution in [0.15, 0.2) is 33.0 Å². The summed E-state index contributed by atoms with van der Waals surface area (Å²) in [6.07, 6.45) is 5.12. The number of nitrogen functional groups attached to an aromatic ring is 1. The van der Waals surface area contributed by atoms with E-state index in [1.54, 1.807) is 0 Å². The average Bonchev–Trinajstić information content (AvgIpc) is 3.42. The van der Waals surface area contributed by atoms with Gasteiger partial charge in [-0.05, 0) is 53.2 Å². The number of hydrogen-bond donors (Lipinski definition) is 1. The zero-order chi connectivity index (χ0) is 22.9. The van der Waals surface area contributed by atoms with E-state index in [0.717, 1.165) is 64.8 Å². The van der Waals surface area contributed by atoms with Crippen LogP contribution in [0.5, 0.6) is 11.5 Å². The van der Waals surface area contributed by atoms with Gasteiger partial charge in [0.25, 0.3) is 0 Å². The Morgan fingerprint density at radius 2 is 2.12 bits per heavy atom. The number of anilines is 1. The number of imidazole rings is 1. The highest BCUT2D eigenvalue weighted by Crippen LogP contribution is 2.43. The third kappa shape index (κ3) is 4.48. The second-order valence-electron chi connectivity index (χ2n) is 8.21. The van der Waals surface area contributed by atoms with Crippen molar-refractivity contribution in [3.63, 3.8) is 0 Å². The number of aromatic nitrogens is 4. The average molecular weight is 533 g/mol. The van der Waals surface area contributed by atoms with E-state index >= 15 is 0 Å². The van der Waals surface area contributed by atoms with E-state index in [1.807, 2.05) is 24.0 Å². The number of fused-ring (bicyclic) bond motifs is 2. The molecule has 1 amide bonds. The lowest BCUT2D eigenvalue weighted by atomic mass is 9.94. The third-order valence-corrected chi connectivity index (χ3v) is 8.06. The van der Waals surface area contributed by atoms with Gasteiger partial charge in [-0.25, -0.2) is 15.0 Å². The predicted octanol–water partition coefficient (Wildman–Crippen LogP) is 4.09. The molecule has 9 nitrogen and oxygen atoms in total. The van der Waals surface area contributed by atoms with Crippen LogP contribution in [-0.2, 0) is 11.3 Å². The van der Waals surface area contributed by atoms with Gasteiger partial charge in [0.1, 0.15) is 6.33 Å². The van der Waals surface area contributed by atoms with Crippen LogP contribution >= 0.6 is 27.7 Å². The number of halogens is 1. The molecule has 0 bridgehead atoms. The Bertz CT molecular complexity index is 1200. The summed E-state index contributed by atoms with van der Waals surface area (Å²) in [7, 11) is 0. The monoisotopic (exact) mass is 532 g/mol. The highest BCUT2D eigenvalue weighted by Gasteiger charge is 2.25. The Labute approximate surface area is 204 Å². The fourth-order valence-corrected chi connectivity index (χ4v) is 5.86. The van der Waals surface area contributed by atoms with Crippen molar-refractivity contribution in [1.29, 1.82) is 0 Å². The van der Waals surface area contributed by atoms with Crippen LogP contribution in [0, 0.1) is 5.92 Å². The second-order valence-corrected chi connectivity index (χ2v) is 10.1. The Morgan fingerprint density at radius 3 is 2.94 bits per heavy atom. The first-order valence-corrected chi connectivity index (χ1v) is 12.7. The highest BCUT2D eigenvalue weighted by molar-refractivity contribution is 9.10. The Kier molecular flexibility index (Phi) is 6.33. The molecule has 2 N–H and O–H groups in total. The van der Waals surface area contributed by atoms with Crippen molar-refractivity contribution in [3.05, 3.63) is 22.9 Å². The normalized spacial score (nSPS) is 17.6. The van der Waals surface area contributed by atoms with Crippen LogP contribution in [0.2, 0.25) is 0 Å². The number of likely N-dealkylation sites (tertiary alicyclic amines) is 1. The number of carbonyl (C=O) groups excluding carboxylic acids is 1. The number of nitrogens with two attached hydrogens (primary N) is 1. The molecule has 0 aliphatic carbocycles. The molecule has 1 saturated heterocycles. The molecule has 5 rings (SSSR count). The van der Waals surface area contributed by atoms with Gasteiger partial charge in [-0.15, -0.1) is 0 Å². The zero-order valence-electron chi connectivity index (χ0n) is 18.3. The molecule has 3 aromatic rings. The smallest absolute Gasteiger partial charge is 0.231 e. The predicted molar refractivity (Wildman–Crippen MR) is 128 cm³/mol. The number of amides is 1. The molecule has 1 unspecified atom stereocenters. The molecule has 174 valence electrons. The highest BCUT2D eigenvalue weighted by atomic mass is 79.9. The maximum Gasteiger partial charge on any atom is 0.231 e. The quantitative estimate of drug-likeness (QED) is 0.505. The molecule has 0 saturated carbocycles. The standard InChI is InChI=1S/C22H25BrN6O3S/c1-2-18(30)28-6-3-4-13(10-28)5-7-29-21-19(20(24)25-11-26-21)27-22(29)33-17-9-16-15(8-14(17)23)31-12-32-16/h8-9,11,13H,2-7,10,12H2,1H3,(H2,24,25,26). The molecule has 33 heavy (non-hydrogen) atoms. The molecule has 2 aliphatic rings.